The van der Waals surface area contributed by atoms with E-state index < -0.39 is 17.3 Å². The average molecular weight is 335 g/mol. The number of rotatable bonds is 7. The van der Waals surface area contributed by atoms with Gasteiger partial charge in [0.15, 0.2) is 0 Å². The van der Waals surface area contributed by atoms with Gasteiger partial charge in [-0.3, -0.25) is 10.1 Å². The third kappa shape index (κ3) is 3.92. The van der Waals surface area contributed by atoms with Gasteiger partial charge in [0.2, 0.25) is 6.04 Å². The van der Waals surface area contributed by atoms with E-state index in [1.807, 2.05) is 6.92 Å². The number of nitrogens with zero attached hydrogens (tertiary/aromatic N) is 1. The van der Waals surface area contributed by atoms with Gasteiger partial charge < -0.3 is 9.52 Å². The van der Waals surface area contributed by atoms with E-state index in [9.17, 15) is 14.9 Å². The minimum Gasteiger partial charge on any atom is -0.478 e. The molecule has 122 valence electrons. The smallest absolute Gasteiger partial charge is 0.335 e. The molecule has 1 aromatic heterocycles. The maximum Gasteiger partial charge on any atom is 0.335 e. The molecule has 0 unspecified atom stereocenters. The van der Waals surface area contributed by atoms with E-state index >= 15 is 0 Å². The van der Waals surface area contributed by atoms with Crippen LogP contribution in [0.3, 0.4) is 0 Å². The van der Waals surface area contributed by atoms with Crippen LogP contribution in [0.5, 0.6) is 0 Å². The highest BCUT2D eigenvalue weighted by molar-refractivity contribution is 7.80. The lowest BCUT2D eigenvalue weighted by Gasteiger charge is -2.13. The van der Waals surface area contributed by atoms with Crippen molar-refractivity contribution >= 4 is 18.6 Å². The lowest BCUT2D eigenvalue weighted by molar-refractivity contribution is -0.523. The molecule has 0 saturated carbocycles. The molecule has 0 aliphatic heterocycles. The Labute approximate surface area is 138 Å². The molecule has 2 rings (SSSR count). The molecule has 2 aromatic rings. The molecule has 0 fully saturated rings. The van der Waals surface area contributed by atoms with Crippen molar-refractivity contribution in [2.45, 2.75) is 31.1 Å². The molecular weight excluding hydrogens is 318 g/mol. The number of carboxylic acids is 1. The van der Waals surface area contributed by atoms with Gasteiger partial charge in [-0.25, -0.2) is 4.79 Å². The number of thiol groups is 1. The maximum absolute atomic E-state index is 11.2. The lowest BCUT2D eigenvalue weighted by atomic mass is 10.1. The molecule has 1 N–H and O–H groups in total. The number of nitro groups is 1. The summed E-state index contributed by atoms with van der Waals surface area (Å²) in [5.41, 5.74) is 0.752. The Morgan fingerprint density at radius 2 is 2.13 bits per heavy atom. The number of furan rings is 1. The fourth-order valence-electron chi connectivity index (χ4n) is 2.34. The first-order chi connectivity index (χ1) is 10.9. The standard InChI is InChI=1S/C16H17NO5S/c1-2-4-12(17(20)21)15(23)14-8-7-13(22-14)10-5-3-6-11(9-10)16(18)19/h3,5-9,12,15,23H,2,4H2,1H3,(H,18,19)/t12-,15+/m1/s1. The number of hydrogen-bond acceptors (Lipinski definition) is 5. The van der Waals surface area contributed by atoms with Crippen LogP contribution in [0.1, 0.15) is 41.1 Å². The predicted octanol–water partition coefficient (Wildman–Crippen LogP) is 4.06. The normalized spacial score (nSPS) is 13.5. The summed E-state index contributed by atoms with van der Waals surface area (Å²) in [5, 5.41) is 19.5. The molecular formula is C16H17NO5S. The molecule has 7 heteroatoms. The van der Waals surface area contributed by atoms with Crippen LogP contribution in [-0.2, 0) is 0 Å². The van der Waals surface area contributed by atoms with Gasteiger partial charge in [-0.05, 0) is 30.7 Å². The van der Waals surface area contributed by atoms with Crippen LogP contribution in [-0.4, -0.2) is 22.0 Å². The quantitative estimate of drug-likeness (QED) is 0.452. The van der Waals surface area contributed by atoms with E-state index in [0.29, 0.717) is 29.9 Å². The van der Waals surface area contributed by atoms with Crippen molar-refractivity contribution < 1.29 is 19.2 Å². The van der Waals surface area contributed by atoms with E-state index in [0.717, 1.165) is 0 Å². The Bertz CT molecular complexity index is 712. The number of aromatic carboxylic acids is 1. The monoisotopic (exact) mass is 335 g/mol. The fraction of sp³-hybridized carbons (Fsp3) is 0.312. The summed E-state index contributed by atoms with van der Waals surface area (Å²) < 4.78 is 5.67. The largest absolute Gasteiger partial charge is 0.478 e. The van der Waals surface area contributed by atoms with Crippen molar-refractivity contribution in [1.82, 2.24) is 0 Å². The first kappa shape index (κ1) is 17.1. The molecule has 0 amide bonds. The van der Waals surface area contributed by atoms with Crippen LogP contribution in [0.2, 0.25) is 0 Å². The second-order valence-corrected chi connectivity index (χ2v) is 5.73. The fourth-order valence-corrected chi connectivity index (χ4v) is 2.73. The zero-order chi connectivity index (χ0) is 17.0. The lowest BCUT2D eigenvalue weighted by Crippen LogP contribution is -2.24. The van der Waals surface area contributed by atoms with Gasteiger partial charge >= 0.3 is 5.97 Å². The SMILES string of the molecule is CCC[C@H]([C@H](S)c1ccc(-c2cccc(C(=O)O)c2)o1)[N+](=O)[O-]. The first-order valence-corrected chi connectivity index (χ1v) is 7.70. The number of hydrogen-bond donors (Lipinski definition) is 2. The summed E-state index contributed by atoms with van der Waals surface area (Å²) in [6.07, 6.45) is 1.09. The summed E-state index contributed by atoms with van der Waals surface area (Å²) in [6.45, 7) is 1.88. The van der Waals surface area contributed by atoms with Gasteiger partial charge in [-0.2, -0.15) is 12.6 Å². The first-order valence-electron chi connectivity index (χ1n) is 7.19. The van der Waals surface area contributed by atoms with Crippen molar-refractivity contribution in [2.24, 2.45) is 0 Å². The van der Waals surface area contributed by atoms with Crippen LogP contribution in [0.4, 0.5) is 0 Å². The summed E-state index contributed by atoms with van der Waals surface area (Å²) in [6, 6.07) is 8.81. The van der Waals surface area contributed by atoms with Gasteiger partial charge in [0.05, 0.1) is 5.56 Å². The summed E-state index contributed by atoms with van der Waals surface area (Å²) >= 11 is 4.34. The molecule has 6 nitrogen and oxygen atoms in total. The van der Waals surface area contributed by atoms with Crippen LogP contribution in [0, 0.1) is 10.1 Å². The van der Waals surface area contributed by atoms with Gasteiger partial charge in [0.1, 0.15) is 16.8 Å². The topological polar surface area (TPSA) is 93.6 Å². The molecule has 2 atom stereocenters. The average Bonchev–Trinajstić information content (AvgIpc) is 3.01. The summed E-state index contributed by atoms with van der Waals surface area (Å²) in [5.74, 6) is -0.165. The molecule has 0 aliphatic rings. The van der Waals surface area contributed by atoms with Gasteiger partial charge in [-0.15, -0.1) is 0 Å². The van der Waals surface area contributed by atoms with Crippen LogP contribution < -0.4 is 0 Å². The molecule has 0 saturated heterocycles. The summed E-state index contributed by atoms with van der Waals surface area (Å²) in [4.78, 5) is 21.8. The molecule has 1 heterocycles. The van der Waals surface area contributed by atoms with Crippen LogP contribution in [0.15, 0.2) is 40.8 Å². The minimum absolute atomic E-state index is 0.150. The molecule has 0 spiro atoms. The minimum atomic E-state index is -1.03. The van der Waals surface area contributed by atoms with E-state index in [1.54, 1.807) is 24.3 Å². The highest BCUT2D eigenvalue weighted by atomic mass is 32.1. The van der Waals surface area contributed by atoms with E-state index in [4.69, 9.17) is 9.52 Å². The molecule has 0 aliphatic carbocycles. The van der Waals surface area contributed by atoms with Gasteiger partial charge in [0.25, 0.3) is 0 Å². The van der Waals surface area contributed by atoms with Crippen molar-refractivity contribution in [3.8, 4) is 11.3 Å². The third-order valence-electron chi connectivity index (χ3n) is 3.53. The van der Waals surface area contributed by atoms with Crippen molar-refractivity contribution in [1.29, 1.82) is 0 Å². The number of carbonyl (C=O) groups is 1. The van der Waals surface area contributed by atoms with Crippen LogP contribution >= 0.6 is 12.6 Å². The molecule has 0 bridgehead atoms. The van der Waals surface area contributed by atoms with E-state index in [-0.39, 0.29) is 10.5 Å². The van der Waals surface area contributed by atoms with Crippen LogP contribution in [0.25, 0.3) is 11.3 Å². The zero-order valence-electron chi connectivity index (χ0n) is 12.5. The third-order valence-corrected chi connectivity index (χ3v) is 4.13. The van der Waals surface area contributed by atoms with E-state index in [2.05, 4.69) is 12.6 Å². The Morgan fingerprint density at radius 3 is 2.74 bits per heavy atom. The summed E-state index contributed by atoms with van der Waals surface area (Å²) in [7, 11) is 0. The van der Waals surface area contributed by atoms with Crippen molar-refractivity contribution in [3.63, 3.8) is 0 Å². The number of benzene rings is 1. The second-order valence-electron chi connectivity index (χ2n) is 5.17. The molecule has 23 heavy (non-hydrogen) atoms. The highest BCUT2D eigenvalue weighted by Gasteiger charge is 2.31. The molecule has 0 radical (unpaired) electrons. The van der Waals surface area contributed by atoms with Gasteiger partial charge in [-0.1, -0.05) is 19.1 Å². The number of carboxylic acid groups (broad SMARTS) is 1. The van der Waals surface area contributed by atoms with Crippen molar-refractivity contribution in [2.75, 3.05) is 0 Å². The Balaban J connectivity index is 2.28. The van der Waals surface area contributed by atoms with Crippen molar-refractivity contribution in [3.05, 3.63) is 57.8 Å². The Hall–Kier alpha value is -2.28. The second kappa shape index (κ2) is 7.32. The van der Waals surface area contributed by atoms with Gasteiger partial charge in [0, 0.05) is 16.9 Å². The Morgan fingerprint density at radius 1 is 1.39 bits per heavy atom. The van der Waals surface area contributed by atoms with E-state index in [1.165, 1.54) is 12.1 Å². The predicted molar refractivity (Wildman–Crippen MR) is 88.5 cm³/mol. The maximum atomic E-state index is 11.2. The highest BCUT2D eigenvalue weighted by Crippen LogP contribution is 2.33. The zero-order valence-corrected chi connectivity index (χ0v) is 13.4. The molecule has 1 aromatic carbocycles. The Kier molecular flexibility index (Phi) is 5.44.